The van der Waals surface area contributed by atoms with Gasteiger partial charge in [-0.3, -0.25) is 9.78 Å². The largest absolute Gasteiger partial charge is 0.489 e. The van der Waals surface area contributed by atoms with E-state index in [2.05, 4.69) is 29.2 Å². The molecule has 2 aromatic heterocycles. The van der Waals surface area contributed by atoms with Crippen LogP contribution < -0.4 is 4.74 Å². The van der Waals surface area contributed by atoms with Crippen molar-refractivity contribution in [2.75, 3.05) is 13.1 Å². The Morgan fingerprint density at radius 1 is 1.04 bits per heavy atom. The number of hydrogen-bond acceptors (Lipinski definition) is 4. The van der Waals surface area contributed by atoms with Gasteiger partial charge >= 0.3 is 0 Å². The number of hydrogen-bond donors (Lipinski definition) is 0. The van der Waals surface area contributed by atoms with Gasteiger partial charge in [0.25, 0.3) is 5.91 Å². The van der Waals surface area contributed by atoms with Gasteiger partial charge in [0.1, 0.15) is 18.6 Å². The second kappa shape index (κ2) is 8.74. The fraction of sp³-hybridized carbons (Fsp3) is 0.304. The highest BCUT2D eigenvalue weighted by Gasteiger charge is 2.24. The summed E-state index contributed by atoms with van der Waals surface area (Å²) in [6.45, 7) is 2.18. The van der Waals surface area contributed by atoms with Crippen molar-refractivity contribution in [1.29, 1.82) is 0 Å². The van der Waals surface area contributed by atoms with E-state index in [1.54, 1.807) is 24.7 Å². The van der Waals surface area contributed by atoms with E-state index < -0.39 is 0 Å². The number of aromatic nitrogens is 1. The zero-order chi connectivity index (χ0) is 19.2. The third-order valence-electron chi connectivity index (χ3n) is 5.27. The summed E-state index contributed by atoms with van der Waals surface area (Å²) in [5, 5.41) is 0. The normalized spacial score (nSPS) is 14.8. The summed E-state index contributed by atoms with van der Waals surface area (Å²) < 4.78 is 10.8. The van der Waals surface area contributed by atoms with Gasteiger partial charge < -0.3 is 14.1 Å². The molecule has 0 unspecified atom stereocenters. The Hall–Kier alpha value is -3.08. The molecule has 1 aliphatic heterocycles. The second-order valence-electron chi connectivity index (χ2n) is 7.24. The van der Waals surface area contributed by atoms with Gasteiger partial charge in [-0.2, -0.15) is 0 Å². The van der Waals surface area contributed by atoms with Crippen molar-refractivity contribution in [3.8, 4) is 5.75 Å². The summed E-state index contributed by atoms with van der Waals surface area (Å²) in [7, 11) is 0. The van der Waals surface area contributed by atoms with Crippen LogP contribution in [0, 0.1) is 5.92 Å². The SMILES string of the molecule is O=C(c1ccoc1)N1CCC(Cc2ccc(COc3ccncc3)cc2)CC1. The van der Waals surface area contributed by atoms with E-state index in [9.17, 15) is 4.79 Å². The molecule has 1 fully saturated rings. The minimum Gasteiger partial charge on any atom is -0.489 e. The van der Waals surface area contributed by atoms with Crippen molar-refractivity contribution in [1.82, 2.24) is 9.88 Å². The minimum atomic E-state index is 0.0748. The Balaban J connectivity index is 1.24. The topological polar surface area (TPSA) is 55.6 Å². The average Bonchev–Trinajstić information content (AvgIpc) is 3.29. The highest BCUT2D eigenvalue weighted by Crippen LogP contribution is 2.23. The quantitative estimate of drug-likeness (QED) is 0.642. The fourth-order valence-corrected chi connectivity index (χ4v) is 3.61. The van der Waals surface area contributed by atoms with Gasteiger partial charge in [-0.05, 0) is 54.5 Å². The van der Waals surface area contributed by atoms with Gasteiger partial charge in [0, 0.05) is 25.5 Å². The highest BCUT2D eigenvalue weighted by molar-refractivity contribution is 5.93. The number of piperidine rings is 1. The molecule has 28 heavy (non-hydrogen) atoms. The van der Waals surface area contributed by atoms with Crippen LogP contribution in [-0.4, -0.2) is 28.9 Å². The van der Waals surface area contributed by atoms with Gasteiger partial charge in [0.2, 0.25) is 0 Å². The lowest BCUT2D eigenvalue weighted by Gasteiger charge is -2.31. The molecule has 0 N–H and O–H groups in total. The first-order valence-electron chi connectivity index (χ1n) is 9.70. The van der Waals surface area contributed by atoms with Crippen molar-refractivity contribution < 1.29 is 13.9 Å². The van der Waals surface area contributed by atoms with Gasteiger partial charge in [-0.15, -0.1) is 0 Å². The maximum atomic E-state index is 12.4. The van der Waals surface area contributed by atoms with Crippen LogP contribution in [0.3, 0.4) is 0 Å². The summed E-state index contributed by atoms with van der Waals surface area (Å²) in [5.41, 5.74) is 3.14. The van der Waals surface area contributed by atoms with Crippen LogP contribution in [0.1, 0.15) is 34.3 Å². The number of carbonyl (C=O) groups is 1. The Labute approximate surface area is 165 Å². The summed E-state index contributed by atoms with van der Waals surface area (Å²) in [5.74, 6) is 1.52. The van der Waals surface area contributed by atoms with Crippen molar-refractivity contribution >= 4 is 5.91 Å². The number of ether oxygens (including phenoxy) is 1. The lowest BCUT2D eigenvalue weighted by atomic mass is 9.90. The Morgan fingerprint density at radius 3 is 2.43 bits per heavy atom. The molecule has 5 heteroatoms. The van der Waals surface area contributed by atoms with Crippen molar-refractivity contribution in [3.63, 3.8) is 0 Å². The van der Waals surface area contributed by atoms with Crippen LogP contribution in [0.2, 0.25) is 0 Å². The summed E-state index contributed by atoms with van der Waals surface area (Å²) in [4.78, 5) is 18.3. The smallest absolute Gasteiger partial charge is 0.257 e. The molecule has 1 aliphatic rings. The predicted molar refractivity (Wildman–Crippen MR) is 106 cm³/mol. The number of amides is 1. The standard InChI is InChI=1S/C23H24N2O3/c26-23(21-9-14-27-17-21)25-12-7-19(8-13-25)15-18-1-3-20(4-2-18)16-28-22-5-10-24-11-6-22/h1-6,9-11,14,17,19H,7-8,12-13,15-16H2. The van der Waals surface area contributed by atoms with E-state index in [4.69, 9.17) is 9.15 Å². The number of likely N-dealkylation sites (tertiary alicyclic amines) is 1. The van der Waals surface area contributed by atoms with Crippen LogP contribution in [-0.2, 0) is 13.0 Å². The van der Waals surface area contributed by atoms with Crippen LogP contribution in [0.15, 0.2) is 71.8 Å². The number of nitrogens with zero attached hydrogens (tertiary/aromatic N) is 2. The molecule has 0 saturated carbocycles. The van der Waals surface area contributed by atoms with Crippen LogP contribution >= 0.6 is 0 Å². The van der Waals surface area contributed by atoms with E-state index in [1.165, 1.54) is 11.8 Å². The molecule has 1 amide bonds. The maximum absolute atomic E-state index is 12.4. The third-order valence-corrected chi connectivity index (χ3v) is 5.27. The molecule has 0 atom stereocenters. The molecule has 3 heterocycles. The first-order valence-corrected chi connectivity index (χ1v) is 9.70. The predicted octanol–water partition coefficient (Wildman–Crippen LogP) is 4.35. The molecule has 1 saturated heterocycles. The van der Waals surface area contributed by atoms with Gasteiger partial charge in [-0.25, -0.2) is 0 Å². The molecule has 0 radical (unpaired) electrons. The lowest BCUT2D eigenvalue weighted by molar-refractivity contribution is 0.0690. The summed E-state index contributed by atoms with van der Waals surface area (Å²) in [6.07, 6.45) is 9.66. The molecule has 5 nitrogen and oxygen atoms in total. The van der Waals surface area contributed by atoms with Crippen LogP contribution in [0.4, 0.5) is 0 Å². The lowest BCUT2D eigenvalue weighted by Crippen LogP contribution is -2.38. The number of carbonyl (C=O) groups excluding carboxylic acids is 1. The van der Waals surface area contributed by atoms with Gasteiger partial charge in [0.05, 0.1) is 11.8 Å². The highest BCUT2D eigenvalue weighted by atomic mass is 16.5. The number of benzene rings is 1. The third kappa shape index (κ3) is 4.60. The number of rotatable bonds is 6. The molecule has 0 aliphatic carbocycles. The first-order chi connectivity index (χ1) is 13.8. The molecule has 1 aromatic carbocycles. The number of furan rings is 1. The molecular weight excluding hydrogens is 352 g/mol. The molecule has 4 rings (SSSR count). The fourth-order valence-electron chi connectivity index (χ4n) is 3.61. The molecular formula is C23H24N2O3. The zero-order valence-electron chi connectivity index (χ0n) is 15.8. The van der Waals surface area contributed by atoms with Crippen LogP contribution in [0.5, 0.6) is 5.75 Å². The molecule has 0 spiro atoms. The minimum absolute atomic E-state index is 0.0748. The van der Waals surface area contributed by atoms with Crippen molar-refractivity contribution in [2.45, 2.75) is 25.9 Å². The second-order valence-corrected chi connectivity index (χ2v) is 7.24. The van der Waals surface area contributed by atoms with E-state index in [0.717, 1.165) is 43.7 Å². The van der Waals surface area contributed by atoms with Crippen LogP contribution in [0.25, 0.3) is 0 Å². The monoisotopic (exact) mass is 376 g/mol. The maximum Gasteiger partial charge on any atom is 0.257 e. The average molecular weight is 376 g/mol. The van der Waals surface area contributed by atoms with Crippen molar-refractivity contribution in [3.05, 3.63) is 84.1 Å². The first kappa shape index (κ1) is 18.3. The summed E-state index contributed by atoms with van der Waals surface area (Å²) >= 11 is 0. The van der Waals surface area contributed by atoms with E-state index in [0.29, 0.717) is 18.1 Å². The zero-order valence-corrected chi connectivity index (χ0v) is 15.8. The Morgan fingerprint density at radius 2 is 1.75 bits per heavy atom. The Kier molecular flexibility index (Phi) is 5.71. The Bertz CT molecular complexity index is 868. The van der Waals surface area contributed by atoms with E-state index in [-0.39, 0.29) is 5.91 Å². The van der Waals surface area contributed by atoms with Crippen molar-refractivity contribution in [2.24, 2.45) is 5.92 Å². The van der Waals surface area contributed by atoms with Gasteiger partial charge in [-0.1, -0.05) is 24.3 Å². The van der Waals surface area contributed by atoms with E-state index >= 15 is 0 Å². The number of pyridine rings is 1. The van der Waals surface area contributed by atoms with E-state index in [1.807, 2.05) is 17.0 Å². The summed E-state index contributed by atoms with van der Waals surface area (Å²) in [6, 6.07) is 14.1. The molecule has 0 bridgehead atoms. The molecule has 3 aromatic rings. The molecule has 144 valence electrons. The van der Waals surface area contributed by atoms with Gasteiger partial charge in [0.15, 0.2) is 0 Å².